The number of pyridine rings is 1. The fourth-order valence-electron chi connectivity index (χ4n) is 4.34. The van der Waals surface area contributed by atoms with Gasteiger partial charge in [-0.2, -0.15) is 5.10 Å². The Morgan fingerprint density at radius 3 is 2.71 bits per heavy atom. The number of nitrogen functional groups attached to an aromatic ring is 1. The number of aryl methyl sites for hydroxylation is 1. The maximum atomic E-state index is 13.9. The zero-order valence-corrected chi connectivity index (χ0v) is 19.7. The van der Waals surface area contributed by atoms with E-state index in [1.54, 1.807) is 16.4 Å². The lowest BCUT2D eigenvalue weighted by atomic mass is 10.1. The summed E-state index contributed by atoms with van der Waals surface area (Å²) in [7, 11) is 1.59. The lowest BCUT2D eigenvalue weighted by Gasteiger charge is -2.18. The van der Waals surface area contributed by atoms with Crippen LogP contribution in [0.3, 0.4) is 0 Å². The quantitative estimate of drug-likeness (QED) is 0.406. The van der Waals surface area contributed by atoms with Crippen LogP contribution < -0.4 is 16.0 Å². The van der Waals surface area contributed by atoms with Gasteiger partial charge in [-0.25, -0.2) is 14.6 Å². The van der Waals surface area contributed by atoms with E-state index in [4.69, 9.17) is 15.6 Å². The average molecular weight is 465 g/mol. The Morgan fingerprint density at radius 2 is 1.91 bits per heavy atom. The molecule has 2 aromatic carbocycles. The van der Waals surface area contributed by atoms with Crippen molar-refractivity contribution in [2.45, 2.75) is 26.8 Å². The third-order valence-corrected chi connectivity index (χ3v) is 5.91. The van der Waals surface area contributed by atoms with Crippen LogP contribution in [0.25, 0.3) is 27.5 Å². The number of anilines is 1. The maximum Gasteiger partial charge on any atom is 0.263 e. The molecule has 5 rings (SSSR count). The highest BCUT2D eigenvalue weighted by atomic mass is 16.5. The molecule has 8 heteroatoms. The monoisotopic (exact) mass is 464 g/mol. The normalized spacial score (nSPS) is 10.9. The van der Waals surface area contributed by atoms with E-state index < -0.39 is 0 Å². The van der Waals surface area contributed by atoms with Crippen LogP contribution in [0.15, 0.2) is 59.7 Å². The van der Waals surface area contributed by atoms with Crippen molar-refractivity contribution in [3.8, 4) is 23.3 Å². The molecule has 0 unspecified atom stereocenters. The summed E-state index contributed by atoms with van der Waals surface area (Å²) >= 11 is 0. The van der Waals surface area contributed by atoms with E-state index in [0.717, 1.165) is 10.9 Å². The van der Waals surface area contributed by atoms with Gasteiger partial charge < -0.3 is 10.5 Å². The van der Waals surface area contributed by atoms with E-state index in [1.807, 2.05) is 62.4 Å². The third kappa shape index (κ3) is 3.77. The maximum absolute atomic E-state index is 13.9. The summed E-state index contributed by atoms with van der Waals surface area (Å²) < 4.78 is 9.00. The van der Waals surface area contributed by atoms with Gasteiger partial charge in [0, 0.05) is 12.1 Å². The van der Waals surface area contributed by atoms with Crippen molar-refractivity contribution in [2.75, 3.05) is 12.8 Å². The first-order valence-electron chi connectivity index (χ1n) is 11.3. The van der Waals surface area contributed by atoms with Crippen LogP contribution in [0.1, 0.15) is 30.3 Å². The van der Waals surface area contributed by atoms with Crippen molar-refractivity contribution < 1.29 is 4.74 Å². The predicted molar refractivity (Wildman–Crippen MR) is 137 cm³/mol. The smallest absolute Gasteiger partial charge is 0.263 e. The van der Waals surface area contributed by atoms with Gasteiger partial charge in [-0.3, -0.25) is 9.36 Å². The van der Waals surface area contributed by atoms with E-state index in [2.05, 4.69) is 21.8 Å². The number of para-hydroxylation sites is 2. The Labute approximate surface area is 202 Å². The van der Waals surface area contributed by atoms with Crippen LogP contribution in [0.2, 0.25) is 0 Å². The first kappa shape index (κ1) is 22.2. The van der Waals surface area contributed by atoms with E-state index >= 15 is 0 Å². The van der Waals surface area contributed by atoms with Gasteiger partial charge >= 0.3 is 0 Å². The van der Waals surface area contributed by atoms with Crippen molar-refractivity contribution in [3.63, 3.8) is 0 Å². The standard InChI is InChI=1S/C27H24N6O2/c1-4-5-11-20-24-25(28)29-16-30-26(24)32(31-20)15-19-14-18-10-8-9-17(2)23(18)27(34)33(19)21-12-6-7-13-22(21)35-3/h6-10,12-14,16H,4,15H2,1-3H3,(H2,28,29,30). The fraction of sp³-hybridized carbons (Fsp3) is 0.185. The van der Waals surface area contributed by atoms with Crippen LogP contribution in [0.4, 0.5) is 5.82 Å². The van der Waals surface area contributed by atoms with Gasteiger partial charge in [0.2, 0.25) is 0 Å². The topological polar surface area (TPSA) is 101 Å². The lowest BCUT2D eigenvalue weighted by Crippen LogP contribution is -2.25. The lowest BCUT2D eigenvalue weighted by molar-refractivity contribution is 0.412. The van der Waals surface area contributed by atoms with Crippen molar-refractivity contribution in [1.29, 1.82) is 0 Å². The van der Waals surface area contributed by atoms with Gasteiger partial charge in [0.25, 0.3) is 5.56 Å². The fourth-order valence-corrected chi connectivity index (χ4v) is 4.34. The van der Waals surface area contributed by atoms with Crippen molar-refractivity contribution >= 4 is 27.6 Å². The number of nitrogens with zero attached hydrogens (tertiary/aromatic N) is 5. The molecule has 0 saturated heterocycles. The molecule has 0 bridgehead atoms. The SMILES string of the molecule is CCC#Cc1nn(Cc2cc3cccc(C)c3c(=O)n2-c2ccccc2OC)c2ncnc(N)c12. The molecule has 0 atom stereocenters. The minimum Gasteiger partial charge on any atom is -0.495 e. The summed E-state index contributed by atoms with van der Waals surface area (Å²) in [5.74, 6) is 7.02. The number of ether oxygens (including phenoxy) is 1. The molecule has 5 aromatic rings. The molecule has 0 spiro atoms. The number of hydrogen-bond donors (Lipinski definition) is 1. The highest BCUT2D eigenvalue weighted by molar-refractivity contribution is 5.90. The number of nitrogens with two attached hydrogens (primary N) is 1. The Balaban J connectivity index is 1.80. The Kier molecular flexibility index (Phi) is 5.67. The van der Waals surface area contributed by atoms with Crippen molar-refractivity contribution in [3.05, 3.63) is 82.2 Å². The summed E-state index contributed by atoms with van der Waals surface area (Å²) in [5, 5.41) is 6.82. The summed E-state index contributed by atoms with van der Waals surface area (Å²) in [4.78, 5) is 22.5. The summed E-state index contributed by atoms with van der Waals surface area (Å²) in [6.45, 7) is 4.17. The number of benzene rings is 2. The summed E-state index contributed by atoms with van der Waals surface area (Å²) in [6, 6.07) is 15.3. The molecule has 2 N–H and O–H groups in total. The number of rotatable bonds is 4. The van der Waals surface area contributed by atoms with Crippen LogP contribution in [-0.4, -0.2) is 31.4 Å². The number of hydrogen-bond acceptors (Lipinski definition) is 6. The van der Waals surface area contributed by atoms with Gasteiger partial charge in [0.1, 0.15) is 23.6 Å². The second-order valence-corrected chi connectivity index (χ2v) is 8.11. The molecule has 35 heavy (non-hydrogen) atoms. The minimum atomic E-state index is -0.128. The number of fused-ring (bicyclic) bond motifs is 2. The van der Waals surface area contributed by atoms with Gasteiger partial charge in [-0.15, -0.1) is 0 Å². The molecular weight excluding hydrogens is 440 g/mol. The second-order valence-electron chi connectivity index (χ2n) is 8.11. The van der Waals surface area contributed by atoms with Gasteiger partial charge in [-0.1, -0.05) is 43.2 Å². The van der Waals surface area contributed by atoms with Crippen molar-refractivity contribution in [2.24, 2.45) is 0 Å². The molecular formula is C27H24N6O2. The Bertz CT molecular complexity index is 1700. The molecule has 0 radical (unpaired) electrons. The zero-order valence-electron chi connectivity index (χ0n) is 19.7. The molecule has 0 saturated carbocycles. The predicted octanol–water partition coefficient (Wildman–Crippen LogP) is 3.84. The van der Waals surface area contributed by atoms with Crippen molar-refractivity contribution in [1.82, 2.24) is 24.3 Å². The molecule has 3 heterocycles. The number of aromatic nitrogens is 5. The molecule has 0 aliphatic carbocycles. The van der Waals surface area contributed by atoms with E-state index in [9.17, 15) is 4.79 Å². The Morgan fingerprint density at radius 1 is 1.09 bits per heavy atom. The first-order valence-corrected chi connectivity index (χ1v) is 11.3. The molecule has 0 aliphatic rings. The van der Waals surface area contributed by atoms with Crippen LogP contribution in [0, 0.1) is 18.8 Å². The molecule has 3 aromatic heterocycles. The van der Waals surface area contributed by atoms with E-state index in [-0.39, 0.29) is 12.1 Å². The first-order chi connectivity index (χ1) is 17.0. The van der Waals surface area contributed by atoms with Crippen LogP contribution in [-0.2, 0) is 6.54 Å². The van der Waals surface area contributed by atoms with Gasteiger partial charge in [-0.05, 0) is 42.0 Å². The third-order valence-electron chi connectivity index (χ3n) is 5.91. The van der Waals surface area contributed by atoms with Crippen LogP contribution in [0.5, 0.6) is 5.75 Å². The average Bonchev–Trinajstić information content (AvgIpc) is 3.21. The molecule has 0 aliphatic heterocycles. The van der Waals surface area contributed by atoms with E-state index in [1.165, 1.54) is 6.33 Å². The summed E-state index contributed by atoms with van der Waals surface area (Å²) in [6.07, 6.45) is 2.09. The van der Waals surface area contributed by atoms with Gasteiger partial charge in [0.15, 0.2) is 5.65 Å². The second kappa shape index (κ2) is 8.95. The Hall–Kier alpha value is -4.64. The highest BCUT2D eigenvalue weighted by Crippen LogP contribution is 2.27. The molecule has 0 fully saturated rings. The number of methoxy groups -OCH3 is 1. The van der Waals surface area contributed by atoms with E-state index in [0.29, 0.717) is 51.5 Å². The highest BCUT2D eigenvalue weighted by Gasteiger charge is 2.19. The van der Waals surface area contributed by atoms with Crippen LogP contribution >= 0.6 is 0 Å². The molecule has 0 amide bonds. The molecule has 8 nitrogen and oxygen atoms in total. The van der Waals surface area contributed by atoms with Gasteiger partial charge in [0.05, 0.1) is 30.1 Å². The largest absolute Gasteiger partial charge is 0.495 e. The minimum absolute atomic E-state index is 0.128. The molecule has 174 valence electrons. The zero-order chi connectivity index (χ0) is 24.5. The summed E-state index contributed by atoms with van der Waals surface area (Å²) in [5.41, 5.74) is 9.38.